The van der Waals surface area contributed by atoms with E-state index >= 15 is 0 Å². The molecule has 8 heteroatoms. The average molecular weight is 415 g/mol. The van der Waals surface area contributed by atoms with Crippen LogP contribution in [0, 0.1) is 0 Å². The van der Waals surface area contributed by atoms with Crippen LogP contribution in [0.3, 0.4) is 0 Å². The Labute approximate surface area is 169 Å². The summed E-state index contributed by atoms with van der Waals surface area (Å²) in [6.07, 6.45) is 0.774. The third kappa shape index (κ3) is 6.67. The van der Waals surface area contributed by atoms with E-state index in [0.717, 1.165) is 25.2 Å². The van der Waals surface area contributed by atoms with Gasteiger partial charge >= 0.3 is 10.1 Å². The van der Waals surface area contributed by atoms with E-state index in [2.05, 4.69) is 4.90 Å². The largest absolute Gasteiger partial charge is 0.382 e. The summed E-state index contributed by atoms with van der Waals surface area (Å²) in [6, 6.07) is 5.50. The number of carbonyl (C=O) groups is 1. The highest BCUT2D eigenvalue weighted by Crippen LogP contribution is 2.29. The highest BCUT2D eigenvalue weighted by molar-refractivity contribution is 7.87. The molecule has 1 atom stereocenters. The first kappa shape index (κ1) is 24.2. The molecule has 0 aliphatic rings. The lowest BCUT2D eigenvalue weighted by Crippen LogP contribution is -2.40. The van der Waals surface area contributed by atoms with Crippen molar-refractivity contribution in [1.29, 1.82) is 0 Å². The molecule has 0 unspecified atom stereocenters. The van der Waals surface area contributed by atoms with Gasteiger partial charge in [0.25, 0.3) is 0 Å². The van der Waals surface area contributed by atoms with Gasteiger partial charge < -0.3 is 18.7 Å². The van der Waals surface area contributed by atoms with Crippen molar-refractivity contribution in [2.24, 2.45) is 0 Å². The third-order valence-electron chi connectivity index (χ3n) is 4.80. The molecule has 0 aromatic heterocycles. The lowest BCUT2D eigenvalue weighted by atomic mass is 10.1. The van der Waals surface area contributed by atoms with E-state index < -0.39 is 10.1 Å². The van der Waals surface area contributed by atoms with E-state index in [4.69, 9.17) is 8.92 Å². The fourth-order valence-corrected chi connectivity index (χ4v) is 3.38. The monoisotopic (exact) mass is 414 g/mol. The standard InChI is InChI=1S/C20H34N2O5S/c1-7-16(5)22(20(23)15-26-6)14-17-11-12-18(21(8-2)9-3)13-19(17)27-28(24,25)10-4/h11-13,16H,7-10,14-15H2,1-6H3/t16-/m1/s1. The SMILES string of the molecule is CC[C@@H](C)N(Cc1ccc(N(CC)CC)cc1OS(=O)(=O)CC)C(=O)COC. The Kier molecular flexibility index (Phi) is 9.75. The highest BCUT2D eigenvalue weighted by atomic mass is 32.2. The van der Waals surface area contributed by atoms with Gasteiger partial charge in [0.15, 0.2) is 0 Å². The summed E-state index contributed by atoms with van der Waals surface area (Å²) in [7, 11) is -2.21. The van der Waals surface area contributed by atoms with Gasteiger partial charge in [0, 0.05) is 50.1 Å². The maximum absolute atomic E-state index is 12.5. The average Bonchev–Trinajstić information content (AvgIpc) is 2.67. The van der Waals surface area contributed by atoms with Crippen molar-refractivity contribution in [2.45, 2.75) is 53.6 Å². The fraction of sp³-hybridized carbons (Fsp3) is 0.650. The summed E-state index contributed by atoms with van der Waals surface area (Å²) >= 11 is 0. The zero-order valence-electron chi connectivity index (χ0n) is 17.9. The number of nitrogens with zero attached hydrogens (tertiary/aromatic N) is 2. The van der Waals surface area contributed by atoms with Crippen LogP contribution in [0.5, 0.6) is 5.75 Å². The zero-order valence-corrected chi connectivity index (χ0v) is 18.7. The van der Waals surface area contributed by atoms with Crippen molar-refractivity contribution >= 4 is 21.7 Å². The van der Waals surface area contributed by atoms with E-state index in [1.807, 2.05) is 39.8 Å². The van der Waals surface area contributed by atoms with Crippen LogP contribution >= 0.6 is 0 Å². The molecule has 0 N–H and O–H groups in total. The minimum atomic E-state index is -3.69. The van der Waals surface area contributed by atoms with Crippen LogP contribution in [0.4, 0.5) is 5.69 Å². The normalized spacial score (nSPS) is 12.5. The predicted molar refractivity (Wildman–Crippen MR) is 112 cm³/mol. The molecule has 28 heavy (non-hydrogen) atoms. The predicted octanol–water partition coefficient (Wildman–Crippen LogP) is 3.03. The molecule has 1 aromatic rings. The van der Waals surface area contributed by atoms with E-state index in [1.165, 1.54) is 14.0 Å². The number of anilines is 1. The minimum Gasteiger partial charge on any atom is -0.382 e. The number of amides is 1. The van der Waals surface area contributed by atoms with E-state index in [0.29, 0.717) is 5.56 Å². The van der Waals surface area contributed by atoms with Gasteiger partial charge in [-0.3, -0.25) is 4.79 Å². The van der Waals surface area contributed by atoms with Gasteiger partial charge in [0.05, 0.1) is 5.75 Å². The molecule has 0 saturated carbocycles. The van der Waals surface area contributed by atoms with Gasteiger partial charge in [-0.05, 0) is 40.2 Å². The van der Waals surface area contributed by atoms with Gasteiger partial charge in [0.1, 0.15) is 12.4 Å². The van der Waals surface area contributed by atoms with Crippen molar-refractivity contribution < 1.29 is 22.1 Å². The van der Waals surface area contributed by atoms with Gasteiger partial charge in [-0.25, -0.2) is 0 Å². The number of ether oxygens (including phenoxy) is 1. The molecule has 0 fully saturated rings. The van der Waals surface area contributed by atoms with E-state index in [-0.39, 0.29) is 36.6 Å². The van der Waals surface area contributed by atoms with Gasteiger partial charge in [0.2, 0.25) is 5.91 Å². The molecule has 0 saturated heterocycles. The number of hydrogen-bond acceptors (Lipinski definition) is 6. The summed E-state index contributed by atoms with van der Waals surface area (Å²) in [5, 5.41) is 0. The van der Waals surface area contributed by atoms with Gasteiger partial charge in [-0.1, -0.05) is 13.0 Å². The molecule has 160 valence electrons. The van der Waals surface area contributed by atoms with Crippen molar-refractivity contribution in [2.75, 3.05) is 37.5 Å². The van der Waals surface area contributed by atoms with Gasteiger partial charge in [-0.2, -0.15) is 8.42 Å². The molecule has 7 nitrogen and oxygen atoms in total. The van der Waals surface area contributed by atoms with E-state index in [1.54, 1.807) is 11.0 Å². The maximum atomic E-state index is 12.5. The van der Waals surface area contributed by atoms with Crippen LogP contribution < -0.4 is 9.08 Å². The Morgan fingerprint density at radius 1 is 1.14 bits per heavy atom. The quantitative estimate of drug-likeness (QED) is 0.489. The molecule has 0 heterocycles. The Morgan fingerprint density at radius 3 is 2.29 bits per heavy atom. The first-order valence-corrected chi connectivity index (χ1v) is 11.4. The Hall–Kier alpha value is -1.80. The lowest BCUT2D eigenvalue weighted by Gasteiger charge is -2.30. The molecule has 1 amide bonds. The Bertz CT molecular complexity index is 732. The molecule has 0 aliphatic heterocycles. The van der Waals surface area contributed by atoms with Crippen LogP contribution in [0.1, 0.15) is 46.6 Å². The Balaban J connectivity index is 3.35. The molecule has 0 radical (unpaired) electrons. The molecule has 0 bridgehead atoms. The second-order valence-electron chi connectivity index (χ2n) is 6.61. The summed E-state index contributed by atoms with van der Waals surface area (Å²) in [4.78, 5) is 16.3. The molecule has 0 spiro atoms. The van der Waals surface area contributed by atoms with Crippen LogP contribution in [0.25, 0.3) is 0 Å². The highest BCUT2D eigenvalue weighted by Gasteiger charge is 2.23. The second-order valence-corrected chi connectivity index (χ2v) is 8.47. The second kappa shape index (κ2) is 11.3. The maximum Gasteiger partial charge on any atom is 0.308 e. The van der Waals surface area contributed by atoms with Crippen LogP contribution in [0.15, 0.2) is 18.2 Å². The summed E-state index contributed by atoms with van der Waals surface area (Å²) in [6.45, 7) is 11.4. The Morgan fingerprint density at radius 2 is 1.79 bits per heavy atom. The zero-order chi connectivity index (χ0) is 21.3. The molecular weight excluding hydrogens is 380 g/mol. The van der Waals surface area contributed by atoms with Gasteiger partial charge in [-0.15, -0.1) is 0 Å². The molecule has 1 rings (SSSR count). The van der Waals surface area contributed by atoms with Crippen LogP contribution in [-0.4, -0.2) is 57.8 Å². The first-order valence-electron chi connectivity index (χ1n) is 9.81. The van der Waals surface area contributed by atoms with Crippen LogP contribution in [0.2, 0.25) is 0 Å². The van der Waals surface area contributed by atoms with E-state index in [9.17, 15) is 13.2 Å². The number of carbonyl (C=O) groups excluding carboxylic acids is 1. The molecular formula is C20H34N2O5S. The van der Waals surface area contributed by atoms with Crippen LogP contribution in [-0.2, 0) is 26.2 Å². The first-order chi connectivity index (χ1) is 13.2. The van der Waals surface area contributed by atoms with Crippen molar-refractivity contribution in [1.82, 2.24) is 4.90 Å². The number of benzene rings is 1. The third-order valence-corrected chi connectivity index (χ3v) is 5.94. The number of rotatable bonds is 12. The van der Waals surface area contributed by atoms with Crippen molar-refractivity contribution in [3.8, 4) is 5.75 Å². The van der Waals surface area contributed by atoms with Crippen molar-refractivity contribution in [3.05, 3.63) is 23.8 Å². The smallest absolute Gasteiger partial charge is 0.308 e. The minimum absolute atomic E-state index is 0.0132. The summed E-state index contributed by atoms with van der Waals surface area (Å²) < 4.78 is 34.6. The fourth-order valence-electron chi connectivity index (χ4n) is 2.83. The lowest BCUT2D eigenvalue weighted by molar-refractivity contribution is -0.138. The summed E-state index contributed by atoms with van der Waals surface area (Å²) in [5.41, 5.74) is 1.53. The summed E-state index contributed by atoms with van der Waals surface area (Å²) in [5.74, 6) is -0.00155. The molecule has 1 aromatic carbocycles. The number of hydrogen-bond donors (Lipinski definition) is 0. The number of methoxy groups -OCH3 is 1. The topological polar surface area (TPSA) is 76.2 Å². The van der Waals surface area contributed by atoms with Crippen molar-refractivity contribution in [3.63, 3.8) is 0 Å². The molecule has 0 aliphatic carbocycles.